The van der Waals surface area contributed by atoms with Crippen LogP contribution in [0.5, 0.6) is 0 Å². The van der Waals surface area contributed by atoms with Crippen molar-refractivity contribution < 1.29 is 9.53 Å². The normalized spacial score (nSPS) is 16.7. The maximum Gasteiger partial charge on any atom is 0.229 e. The number of hydrogen-bond acceptors (Lipinski definition) is 7. The number of amides is 1. The van der Waals surface area contributed by atoms with Gasteiger partial charge in [-0.1, -0.05) is 11.6 Å². The summed E-state index contributed by atoms with van der Waals surface area (Å²) in [4.78, 5) is 25.4. The SMILES string of the molecule is COCCNc1cncc(-c2cc(NC(=O)C3CCCNC3)ncc2Cl)n1. The number of ether oxygens (including phenoxy) is 1. The number of pyridine rings is 1. The molecule has 0 radical (unpaired) electrons. The van der Waals surface area contributed by atoms with Crippen molar-refractivity contribution in [2.24, 2.45) is 5.92 Å². The van der Waals surface area contributed by atoms with E-state index in [2.05, 4.69) is 30.9 Å². The van der Waals surface area contributed by atoms with E-state index in [-0.39, 0.29) is 11.8 Å². The molecule has 27 heavy (non-hydrogen) atoms. The molecule has 0 saturated carbocycles. The van der Waals surface area contributed by atoms with Gasteiger partial charge in [0.25, 0.3) is 0 Å². The molecule has 1 amide bonds. The van der Waals surface area contributed by atoms with Crippen LogP contribution in [-0.4, -0.2) is 54.2 Å². The molecule has 1 saturated heterocycles. The van der Waals surface area contributed by atoms with Crippen LogP contribution in [0.25, 0.3) is 11.3 Å². The molecule has 3 heterocycles. The fourth-order valence-electron chi connectivity index (χ4n) is 2.87. The molecule has 1 atom stereocenters. The standard InChI is InChI=1S/C18H23ClN6O2/c1-27-6-5-22-17-11-21-10-15(24-17)13-7-16(23-9-14(13)19)25-18(26)12-3-2-4-20-8-12/h7,9-12,20H,2-6,8H2,1H3,(H,22,24)(H,23,25,26). The summed E-state index contributed by atoms with van der Waals surface area (Å²) in [5.41, 5.74) is 1.26. The van der Waals surface area contributed by atoms with Crippen molar-refractivity contribution in [1.29, 1.82) is 0 Å². The van der Waals surface area contributed by atoms with Gasteiger partial charge in [-0.25, -0.2) is 9.97 Å². The molecule has 8 nitrogen and oxygen atoms in total. The number of carbonyl (C=O) groups excluding carboxylic acids is 1. The highest BCUT2D eigenvalue weighted by molar-refractivity contribution is 6.33. The molecule has 1 aliphatic heterocycles. The zero-order valence-corrected chi connectivity index (χ0v) is 15.9. The Hall–Kier alpha value is -2.29. The van der Waals surface area contributed by atoms with Crippen LogP contribution in [0.1, 0.15) is 12.8 Å². The maximum atomic E-state index is 12.4. The lowest BCUT2D eigenvalue weighted by Crippen LogP contribution is -2.37. The molecule has 2 aromatic heterocycles. The molecule has 0 aromatic carbocycles. The van der Waals surface area contributed by atoms with Crippen molar-refractivity contribution in [1.82, 2.24) is 20.3 Å². The first-order valence-corrected chi connectivity index (χ1v) is 9.27. The smallest absolute Gasteiger partial charge is 0.229 e. The molecule has 3 N–H and O–H groups in total. The van der Waals surface area contributed by atoms with Crippen molar-refractivity contribution in [2.45, 2.75) is 12.8 Å². The Morgan fingerprint density at radius 3 is 3.04 bits per heavy atom. The molecule has 2 aromatic rings. The van der Waals surface area contributed by atoms with Gasteiger partial charge in [0.2, 0.25) is 5.91 Å². The monoisotopic (exact) mass is 390 g/mol. The topological polar surface area (TPSA) is 101 Å². The van der Waals surface area contributed by atoms with Gasteiger partial charge in [0, 0.05) is 32.0 Å². The number of methoxy groups -OCH3 is 1. The highest BCUT2D eigenvalue weighted by Crippen LogP contribution is 2.28. The molecule has 1 aliphatic rings. The van der Waals surface area contributed by atoms with Gasteiger partial charge in [-0.15, -0.1) is 0 Å². The Morgan fingerprint density at radius 1 is 1.37 bits per heavy atom. The fourth-order valence-corrected chi connectivity index (χ4v) is 3.07. The first kappa shape index (κ1) is 19.5. The zero-order valence-electron chi connectivity index (χ0n) is 15.2. The molecular formula is C18H23ClN6O2. The lowest BCUT2D eigenvalue weighted by molar-refractivity contribution is -0.120. The van der Waals surface area contributed by atoms with Crippen LogP contribution in [0.3, 0.4) is 0 Å². The zero-order chi connectivity index (χ0) is 19.1. The summed E-state index contributed by atoms with van der Waals surface area (Å²) in [5, 5.41) is 9.69. The van der Waals surface area contributed by atoms with Crippen molar-refractivity contribution in [3.63, 3.8) is 0 Å². The number of halogens is 1. The highest BCUT2D eigenvalue weighted by atomic mass is 35.5. The quantitative estimate of drug-likeness (QED) is 0.623. The van der Waals surface area contributed by atoms with Gasteiger partial charge < -0.3 is 20.7 Å². The van der Waals surface area contributed by atoms with Crippen LogP contribution in [0, 0.1) is 5.92 Å². The Morgan fingerprint density at radius 2 is 2.26 bits per heavy atom. The number of hydrogen-bond donors (Lipinski definition) is 3. The number of rotatable bonds is 7. The van der Waals surface area contributed by atoms with E-state index in [0.717, 1.165) is 19.4 Å². The molecule has 0 spiro atoms. The average Bonchev–Trinajstić information content (AvgIpc) is 2.70. The molecule has 1 fully saturated rings. The molecule has 3 rings (SSSR count). The van der Waals surface area contributed by atoms with E-state index in [0.29, 0.717) is 47.6 Å². The second-order valence-electron chi connectivity index (χ2n) is 6.29. The van der Waals surface area contributed by atoms with E-state index in [1.54, 1.807) is 25.6 Å². The van der Waals surface area contributed by atoms with Crippen molar-refractivity contribution in [2.75, 3.05) is 44.0 Å². The summed E-state index contributed by atoms with van der Waals surface area (Å²) in [5.74, 6) is 0.984. The lowest BCUT2D eigenvalue weighted by atomic mass is 9.99. The summed E-state index contributed by atoms with van der Waals surface area (Å²) in [7, 11) is 1.64. The maximum absolute atomic E-state index is 12.4. The van der Waals surface area contributed by atoms with E-state index in [1.165, 1.54) is 6.20 Å². The largest absolute Gasteiger partial charge is 0.383 e. The van der Waals surface area contributed by atoms with Gasteiger partial charge in [-0.2, -0.15) is 0 Å². The predicted molar refractivity (Wildman–Crippen MR) is 105 cm³/mol. The van der Waals surface area contributed by atoms with Gasteiger partial charge in [0.15, 0.2) is 0 Å². The summed E-state index contributed by atoms with van der Waals surface area (Å²) in [6, 6.07) is 1.72. The summed E-state index contributed by atoms with van der Waals surface area (Å²) < 4.78 is 5.02. The number of aromatic nitrogens is 3. The van der Waals surface area contributed by atoms with Crippen LogP contribution in [0.15, 0.2) is 24.7 Å². The molecule has 0 aliphatic carbocycles. The van der Waals surface area contributed by atoms with Crippen molar-refractivity contribution >= 4 is 29.1 Å². The Balaban J connectivity index is 1.75. The summed E-state index contributed by atoms with van der Waals surface area (Å²) in [6.07, 6.45) is 6.64. The Kier molecular flexibility index (Phi) is 6.92. The predicted octanol–water partition coefficient (Wildman–Crippen LogP) is 2.19. The lowest BCUT2D eigenvalue weighted by Gasteiger charge is -2.21. The molecule has 144 valence electrons. The van der Waals surface area contributed by atoms with Crippen LogP contribution < -0.4 is 16.0 Å². The number of carbonyl (C=O) groups is 1. The highest BCUT2D eigenvalue weighted by Gasteiger charge is 2.21. The van der Waals surface area contributed by atoms with Gasteiger partial charge >= 0.3 is 0 Å². The first-order chi connectivity index (χ1) is 13.2. The Labute approximate surface area is 163 Å². The Bertz CT molecular complexity index is 782. The molecular weight excluding hydrogens is 368 g/mol. The third kappa shape index (κ3) is 5.35. The van der Waals surface area contributed by atoms with Crippen LogP contribution in [-0.2, 0) is 9.53 Å². The van der Waals surface area contributed by atoms with E-state index in [4.69, 9.17) is 16.3 Å². The molecule has 1 unspecified atom stereocenters. The number of nitrogens with one attached hydrogen (secondary N) is 3. The van der Waals surface area contributed by atoms with Gasteiger partial charge in [-0.05, 0) is 25.5 Å². The van der Waals surface area contributed by atoms with Crippen LogP contribution >= 0.6 is 11.6 Å². The second-order valence-corrected chi connectivity index (χ2v) is 6.70. The van der Waals surface area contributed by atoms with E-state index >= 15 is 0 Å². The number of nitrogens with zero attached hydrogens (tertiary/aromatic N) is 3. The summed E-state index contributed by atoms with van der Waals surface area (Å²) >= 11 is 6.30. The van der Waals surface area contributed by atoms with Crippen LogP contribution in [0.4, 0.5) is 11.6 Å². The minimum Gasteiger partial charge on any atom is -0.383 e. The minimum absolute atomic E-state index is 0.0379. The van der Waals surface area contributed by atoms with Gasteiger partial charge in [0.05, 0.1) is 35.6 Å². The third-order valence-electron chi connectivity index (χ3n) is 4.30. The number of anilines is 2. The van der Waals surface area contributed by atoms with E-state index in [9.17, 15) is 4.79 Å². The van der Waals surface area contributed by atoms with Crippen molar-refractivity contribution in [3.8, 4) is 11.3 Å². The van der Waals surface area contributed by atoms with E-state index in [1.807, 2.05) is 0 Å². The number of piperidine rings is 1. The van der Waals surface area contributed by atoms with Crippen molar-refractivity contribution in [3.05, 3.63) is 29.7 Å². The van der Waals surface area contributed by atoms with Gasteiger partial charge in [-0.3, -0.25) is 9.78 Å². The fraction of sp³-hybridized carbons (Fsp3) is 0.444. The third-order valence-corrected chi connectivity index (χ3v) is 4.60. The minimum atomic E-state index is -0.0483. The van der Waals surface area contributed by atoms with E-state index < -0.39 is 0 Å². The first-order valence-electron chi connectivity index (χ1n) is 8.89. The molecule has 9 heteroatoms. The average molecular weight is 391 g/mol. The van der Waals surface area contributed by atoms with Gasteiger partial charge in [0.1, 0.15) is 11.6 Å². The molecule has 0 bridgehead atoms. The second kappa shape index (κ2) is 9.59. The summed E-state index contributed by atoms with van der Waals surface area (Å²) in [6.45, 7) is 2.83. The van der Waals surface area contributed by atoms with Crippen LogP contribution in [0.2, 0.25) is 5.02 Å².